The molecule has 0 fully saturated rings. The van der Waals surface area contributed by atoms with Crippen molar-refractivity contribution in [3.8, 4) is 0 Å². The van der Waals surface area contributed by atoms with Crippen LogP contribution in [0.15, 0.2) is 60.7 Å². The van der Waals surface area contributed by atoms with E-state index in [2.05, 4.69) is 29.2 Å². The summed E-state index contributed by atoms with van der Waals surface area (Å²) in [6.45, 7) is 0.954. The highest BCUT2D eigenvalue weighted by atomic mass is 19.1. The van der Waals surface area contributed by atoms with E-state index in [1.165, 1.54) is 5.69 Å². The van der Waals surface area contributed by atoms with Gasteiger partial charge in [0.05, 0.1) is 11.6 Å². The number of carboxylic acid groups (broad SMARTS) is 1. The van der Waals surface area contributed by atoms with Gasteiger partial charge in [0.25, 0.3) is 0 Å². The molecule has 5 atom stereocenters. The number of fused-ring (bicyclic) bond motifs is 4. The van der Waals surface area contributed by atoms with Crippen LogP contribution >= 0.6 is 0 Å². The highest BCUT2D eigenvalue weighted by molar-refractivity contribution is 5.90. The molecule has 0 spiro atoms. The maximum atomic E-state index is 13.6. The standard InChI is InChI=1S/C25H22FNO2/c26-17-9-7-14(8-10-17)23-20-6-2-5-19(20)22-12-16(25(28)29)11-21-18-4-1-3-15(18)13-27(23)24(21)22/h1-2,4-5,7-12,15,18-20,23H,3,6,13H2,(H,28,29)/t15-,18-,19+,20-,23-/m0/s1. The highest BCUT2D eigenvalue weighted by Gasteiger charge is 2.48. The number of carbonyl (C=O) groups is 1. The van der Waals surface area contributed by atoms with Crippen LogP contribution in [-0.4, -0.2) is 17.6 Å². The summed E-state index contributed by atoms with van der Waals surface area (Å²) in [4.78, 5) is 14.4. The normalized spacial score (nSPS) is 30.8. The lowest BCUT2D eigenvalue weighted by Crippen LogP contribution is -2.46. The van der Waals surface area contributed by atoms with Crippen LogP contribution in [0.3, 0.4) is 0 Å². The number of benzene rings is 2. The van der Waals surface area contributed by atoms with Crippen LogP contribution in [0.4, 0.5) is 10.1 Å². The van der Waals surface area contributed by atoms with Crippen molar-refractivity contribution >= 4 is 11.7 Å². The Kier molecular flexibility index (Phi) is 3.55. The van der Waals surface area contributed by atoms with Gasteiger partial charge in [-0.05, 0) is 65.6 Å². The molecule has 4 aliphatic rings. The first-order valence-corrected chi connectivity index (χ1v) is 10.4. The average Bonchev–Trinajstić information content (AvgIpc) is 3.38. The lowest BCUT2D eigenvalue weighted by molar-refractivity contribution is 0.0696. The van der Waals surface area contributed by atoms with Gasteiger partial charge < -0.3 is 10.0 Å². The first kappa shape index (κ1) is 17.0. The zero-order valence-electron chi connectivity index (χ0n) is 16.0. The van der Waals surface area contributed by atoms with Gasteiger partial charge in [0.15, 0.2) is 0 Å². The maximum Gasteiger partial charge on any atom is 0.335 e. The van der Waals surface area contributed by atoms with Crippen LogP contribution in [0.2, 0.25) is 0 Å². The molecule has 2 aliphatic carbocycles. The van der Waals surface area contributed by atoms with E-state index >= 15 is 0 Å². The Balaban J connectivity index is 1.59. The minimum Gasteiger partial charge on any atom is -0.478 e. The molecule has 0 saturated heterocycles. The molecular weight excluding hydrogens is 365 g/mol. The first-order valence-electron chi connectivity index (χ1n) is 10.4. The molecule has 3 nitrogen and oxygen atoms in total. The molecule has 4 heteroatoms. The summed E-state index contributed by atoms with van der Waals surface area (Å²) in [7, 11) is 0. The predicted octanol–water partition coefficient (Wildman–Crippen LogP) is 5.42. The van der Waals surface area contributed by atoms with Crippen molar-refractivity contribution in [3.05, 3.63) is 88.8 Å². The summed E-state index contributed by atoms with van der Waals surface area (Å²) >= 11 is 0. The molecule has 0 aromatic heterocycles. The SMILES string of the molecule is O=C(O)c1cc2c3c(c1)[C@@H]1C=CC[C@@H]1[C@H](c1ccc(F)cc1)N3C[C@@H]1CC=C[C@H]21. The van der Waals surface area contributed by atoms with E-state index in [9.17, 15) is 14.3 Å². The van der Waals surface area contributed by atoms with Crippen molar-refractivity contribution in [3.63, 3.8) is 0 Å². The van der Waals surface area contributed by atoms with Crippen LogP contribution < -0.4 is 4.90 Å². The van der Waals surface area contributed by atoms with Gasteiger partial charge in [0, 0.05) is 24.1 Å². The fourth-order valence-electron chi connectivity index (χ4n) is 6.14. The van der Waals surface area contributed by atoms with Crippen LogP contribution in [0.5, 0.6) is 0 Å². The molecule has 2 aromatic rings. The van der Waals surface area contributed by atoms with E-state index in [0.29, 0.717) is 17.4 Å². The Morgan fingerprint density at radius 1 is 1.00 bits per heavy atom. The second-order valence-corrected chi connectivity index (χ2v) is 8.76. The minimum absolute atomic E-state index is 0.180. The minimum atomic E-state index is -0.862. The Hall–Kier alpha value is -2.88. The third-order valence-electron chi connectivity index (χ3n) is 7.31. The monoisotopic (exact) mass is 387 g/mol. The number of allylic oxidation sites excluding steroid dienone is 4. The van der Waals surface area contributed by atoms with Crippen LogP contribution in [0.1, 0.15) is 57.8 Å². The van der Waals surface area contributed by atoms with Gasteiger partial charge in [-0.2, -0.15) is 0 Å². The number of hydrogen-bond donors (Lipinski definition) is 1. The fraction of sp³-hybridized carbons (Fsp3) is 0.320. The van der Waals surface area contributed by atoms with Gasteiger partial charge in [-0.15, -0.1) is 0 Å². The number of aromatic carboxylic acids is 1. The molecule has 0 bridgehead atoms. The topological polar surface area (TPSA) is 40.5 Å². The number of carboxylic acids is 1. The first-order chi connectivity index (χ1) is 14.1. The van der Waals surface area contributed by atoms with Gasteiger partial charge in [-0.25, -0.2) is 9.18 Å². The van der Waals surface area contributed by atoms with Crippen molar-refractivity contribution in [1.29, 1.82) is 0 Å². The molecule has 0 radical (unpaired) electrons. The number of hydrogen-bond acceptors (Lipinski definition) is 2. The maximum absolute atomic E-state index is 13.6. The fourth-order valence-corrected chi connectivity index (χ4v) is 6.14. The van der Waals surface area contributed by atoms with E-state index in [-0.39, 0.29) is 23.7 Å². The highest BCUT2D eigenvalue weighted by Crippen LogP contribution is 2.58. The van der Waals surface area contributed by atoms with Crippen molar-refractivity contribution in [2.24, 2.45) is 11.8 Å². The Labute approximate surface area is 169 Å². The molecule has 2 aliphatic heterocycles. The number of rotatable bonds is 2. The molecule has 1 N–H and O–H groups in total. The van der Waals surface area contributed by atoms with Crippen LogP contribution in [-0.2, 0) is 0 Å². The third-order valence-corrected chi connectivity index (χ3v) is 7.31. The molecule has 0 saturated carbocycles. The van der Waals surface area contributed by atoms with E-state index in [1.807, 2.05) is 24.3 Å². The zero-order valence-corrected chi connectivity index (χ0v) is 16.0. The average molecular weight is 387 g/mol. The Morgan fingerprint density at radius 3 is 2.45 bits per heavy atom. The van der Waals surface area contributed by atoms with E-state index in [0.717, 1.165) is 36.1 Å². The Morgan fingerprint density at radius 2 is 1.69 bits per heavy atom. The molecule has 29 heavy (non-hydrogen) atoms. The molecule has 2 heterocycles. The number of nitrogens with zero attached hydrogens (tertiary/aromatic N) is 1. The van der Waals surface area contributed by atoms with Gasteiger partial charge in [0.2, 0.25) is 0 Å². The van der Waals surface area contributed by atoms with Gasteiger partial charge in [-0.1, -0.05) is 36.4 Å². The molecule has 6 rings (SSSR count). The number of halogens is 1. The predicted molar refractivity (Wildman–Crippen MR) is 110 cm³/mol. The second-order valence-electron chi connectivity index (χ2n) is 8.76. The summed E-state index contributed by atoms with van der Waals surface area (Å²) in [5.74, 6) is 0.228. The molecule has 146 valence electrons. The summed E-state index contributed by atoms with van der Waals surface area (Å²) in [5.41, 5.74) is 5.05. The summed E-state index contributed by atoms with van der Waals surface area (Å²) in [6.07, 6.45) is 11.0. The lowest BCUT2D eigenvalue weighted by atomic mass is 9.70. The van der Waals surface area contributed by atoms with Crippen molar-refractivity contribution in [2.45, 2.75) is 30.7 Å². The van der Waals surface area contributed by atoms with E-state index < -0.39 is 5.97 Å². The largest absolute Gasteiger partial charge is 0.478 e. The molecule has 0 unspecified atom stereocenters. The second kappa shape index (κ2) is 6.06. The van der Waals surface area contributed by atoms with Gasteiger partial charge >= 0.3 is 5.97 Å². The van der Waals surface area contributed by atoms with E-state index in [1.54, 1.807) is 12.1 Å². The quantitative estimate of drug-likeness (QED) is 0.700. The van der Waals surface area contributed by atoms with Crippen molar-refractivity contribution in [1.82, 2.24) is 0 Å². The molecular formula is C25H22FNO2. The van der Waals surface area contributed by atoms with Gasteiger partial charge in [0.1, 0.15) is 5.82 Å². The van der Waals surface area contributed by atoms with Crippen molar-refractivity contribution in [2.75, 3.05) is 11.4 Å². The Bertz CT molecular complexity index is 1050. The van der Waals surface area contributed by atoms with Crippen molar-refractivity contribution < 1.29 is 14.3 Å². The van der Waals surface area contributed by atoms with Gasteiger partial charge in [-0.3, -0.25) is 0 Å². The summed E-state index contributed by atoms with van der Waals surface area (Å²) < 4.78 is 13.6. The van der Waals surface area contributed by atoms with Crippen LogP contribution in [0, 0.1) is 17.7 Å². The molecule has 2 aromatic carbocycles. The third kappa shape index (κ3) is 2.38. The van der Waals surface area contributed by atoms with Crippen LogP contribution in [0.25, 0.3) is 0 Å². The summed E-state index contributed by atoms with van der Waals surface area (Å²) in [5, 5.41) is 9.74. The smallest absolute Gasteiger partial charge is 0.335 e. The summed E-state index contributed by atoms with van der Waals surface area (Å²) in [6, 6.07) is 10.9. The molecule has 0 amide bonds. The zero-order chi connectivity index (χ0) is 19.7. The lowest BCUT2D eigenvalue weighted by Gasteiger charge is -2.51. The van der Waals surface area contributed by atoms with E-state index in [4.69, 9.17) is 0 Å². The number of anilines is 1.